The second-order valence-electron chi connectivity index (χ2n) is 5.42. The summed E-state index contributed by atoms with van der Waals surface area (Å²) in [6.07, 6.45) is 0. The minimum absolute atomic E-state index is 0.00819. The van der Waals surface area contributed by atoms with Gasteiger partial charge in [-0.15, -0.1) is 0 Å². The van der Waals surface area contributed by atoms with Crippen molar-refractivity contribution in [2.24, 2.45) is 0 Å². The Morgan fingerprint density at radius 2 is 1.68 bits per heavy atom. The Labute approximate surface area is 112 Å². The standard InChI is InChI=1S/C14H19NO4/c1-14(2,3)10-6-4-9(5-7-10)12(13(18)19)15-8-11(16)17/h4-7,12,15H,8H2,1-3H3,(H,16,17)(H,18,19). The van der Waals surface area contributed by atoms with Crippen LogP contribution in [0.25, 0.3) is 0 Å². The molecule has 0 heterocycles. The van der Waals surface area contributed by atoms with E-state index in [9.17, 15) is 9.59 Å². The second kappa shape index (κ2) is 5.84. The molecule has 19 heavy (non-hydrogen) atoms. The summed E-state index contributed by atoms with van der Waals surface area (Å²) in [5.74, 6) is -2.18. The minimum atomic E-state index is -1.09. The number of carbonyl (C=O) groups is 2. The quantitative estimate of drug-likeness (QED) is 0.755. The third-order valence-electron chi connectivity index (χ3n) is 2.81. The van der Waals surface area contributed by atoms with Crippen LogP contribution < -0.4 is 5.32 Å². The molecule has 3 N–H and O–H groups in total. The highest BCUT2D eigenvalue weighted by molar-refractivity contribution is 5.77. The number of carboxylic acids is 2. The molecule has 1 unspecified atom stereocenters. The zero-order valence-corrected chi connectivity index (χ0v) is 11.3. The van der Waals surface area contributed by atoms with Gasteiger partial charge < -0.3 is 10.2 Å². The largest absolute Gasteiger partial charge is 0.480 e. The number of hydrogen-bond acceptors (Lipinski definition) is 3. The molecule has 0 spiro atoms. The van der Waals surface area contributed by atoms with Crippen molar-refractivity contribution in [2.45, 2.75) is 32.2 Å². The topological polar surface area (TPSA) is 86.6 Å². The van der Waals surface area contributed by atoms with E-state index in [0.717, 1.165) is 5.56 Å². The summed E-state index contributed by atoms with van der Waals surface area (Å²) in [4.78, 5) is 21.6. The molecule has 1 atom stereocenters. The molecule has 0 fully saturated rings. The van der Waals surface area contributed by atoms with E-state index < -0.39 is 24.5 Å². The van der Waals surface area contributed by atoms with Crippen LogP contribution in [0.1, 0.15) is 37.9 Å². The molecule has 0 aliphatic heterocycles. The SMILES string of the molecule is CC(C)(C)c1ccc(C(NCC(=O)O)C(=O)O)cc1. The zero-order chi connectivity index (χ0) is 14.6. The molecule has 1 aromatic carbocycles. The van der Waals surface area contributed by atoms with E-state index in [2.05, 4.69) is 26.1 Å². The van der Waals surface area contributed by atoms with Crippen molar-refractivity contribution in [3.63, 3.8) is 0 Å². The molecule has 0 bridgehead atoms. The summed E-state index contributed by atoms with van der Waals surface area (Å²) in [5, 5.41) is 20.2. The number of benzene rings is 1. The summed E-state index contributed by atoms with van der Waals surface area (Å²) >= 11 is 0. The molecule has 1 rings (SSSR count). The molecule has 0 aromatic heterocycles. The van der Waals surface area contributed by atoms with E-state index in [4.69, 9.17) is 10.2 Å². The van der Waals surface area contributed by atoms with Crippen LogP contribution in [-0.4, -0.2) is 28.7 Å². The summed E-state index contributed by atoms with van der Waals surface area (Å²) < 4.78 is 0. The molecule has 0 radical (unpaired) electrons. The van der Waals surface area contributed by atoms with E-state index in [1.165, 1.54) is 0 Å². The van der Waals surface area contributed by atoms with Crippen molar-refractivity contribution in [1.29, 1.82) is 0 Å². The van der Waals surface area contributed by atoms with Gasteiger partial charge in [-0.05, 0) is 16.5 Å². The van der Waals surface area contributed by atoms with Crippen LogP contribution in [0.4, 0.5) is 0 Å². The van der Waals surface area contributed by atoms with Gasteiger partial charge in [-0.3, -0.25) is 14.9 Å². The Balaban J connectivity index is 2.92. The Morgan fingerprint density at radius 3 is 2.05 bits per heavy atom. The third kappa shape index (κ3) is 4.37. The van der Waals surface area contributed by atoms with Gasteiger partial charge in [0.25, 0.3) is 0 Å². The first-order valence-corrected chi connectivity index (χ1v) is 6.00. The Hall–Kier alpha value is -1.88. The lowest BCUT2D eigenvalue weighted by atomic mass is 9.86. The van der Waals surface area contributed by atoms with Gasteiger partial charge in [0.1, 0.15) is 6.04 Å². The van der Waals surface area contributed by atoms with Crippen molar-refractivity contribution >= 4 is 11.9 Å². The number of nitrogens with one attached hydrogen (secondary N) is 1. The molecule has 1 aromatic rings. The lowest BCUT2D eigenvalue weighted by Gasteiger charge is -2.20. The van der Waals surface area contributed by atoms with Gasteiger partial charge in [0.15, 0.2) is 0 Å². The predicted octanol–water partition coefficient (Wildman–Crippen LogP) is 1.78. The van der Waals surface area contributed by atoms with E-state index in [1.807, 2.05) is 12.1 Å². The molecular weight excluding hydrogens is 246 g/mol. The van der Waals surface area contributed by atoms with Crippen LogP contribution >= 0.6 is 0 Å². The van der Waals surface area contributed by atoms with Crippen LogP contribution in [0, 0.1) is 0 Å². The van der Waals surface area contributed by atoms with Crippen LogP contribution in [0.2, 0.25) is 0 Å². The average molecular weight is 265 g/mol. The zero-order valence-electron chi connectivity index (χ0n) is 11.3. The fraction of sp³-hybridized carbons (Fsp3) is 0.429. The monoisotopic (exact) mass is 265 g/mol. The van der Waals surface area contributed by atoms with Crippen molar-refractivity contribution < 1.29 is 19.8 Å². The van der Waals surface area contributed by atoms with Gasteiger partial charge in [0.05, 0.1) is 6.54 Å². The summed E-state index contributed by atoms with van der Waals surface area (Å²) in [6, 6.07) is 6.16. The van der Waals surface area contributed by atoms with Crippen molar-refractivity contribution in [3.05, 3.63) is 35.4 Å². The van der Waals surface area contributed by atoms with Gasteiger partial charge >= 0.3 is 11.9 Å². The van der Waals surface area contributed by atoms with Crippen LogP contribution in [-0.2, 0) is 15.0 Å². The van der Waals surface area contributed by atoms with E-state index in [1.54, 1.807) is 12.1 Å². The molecule has 5 nitrogen and oxygen atoms in total. The van der Waals surface area contributed by atoms with E-state index in [-0.39, 0.29) is 5.41 Å². The lowest BCUT2D eigenvalue weighted by Crippen LogP contribution is -2.32. The Morgan fingerprint density at radius 1 is 1.16 bits per heavy atom. The summed E-state index contributed by atoms with van der Waals surface area (Å²) in [7, 11) is 0. The highest BCUT2D eigenvalue weighted by Gasteiger charge is 2.21. The maximum absolute atomic E-state index is 11.1. The lowest BCUT2D eigenvalue weighted by molar-refractivity contribution is -0.140. The molecular formula is C14H19NO4. The van der Waals surface area contributed by atoms with Gasteiger partial charge in [-0.1, -0.05) is 45.0 Å². The molecule has 0 saturated heterocycles. The summed E-state index contributed by atoms with van der Waals surface area (Å²) in [6.45, 7) is 5.82. The molecule has 104 valence electrons. The van der Waals surface area contributed by atoms with Crippen molar-refractivity contribution in [2.75, 3.05) is 6.54 Å². The maximum atomic E-state index is 11.1. The molecule has 5 heteroatoms. The highest BCUT2D eigenvalue weighted by atomic mass is 16.4. The smallest absolute Gasteiger partial charge is 0.325 e. The third-order valence-corrected chi connectivity index (χ3v) is 2.81. The first-order valence-electron chi connectivity index (χ1n) is 6.00. The fourth-order valence-electron chi connectivity index (χ4n) is 1.71. The van der Waals surface area contributed by atoms with Gasteiger partial charge in [-0.2, -0.15) is 0 Å². The average Bonchev–Trinajstić information content (AvgIpc) is 2.27. The van der Waals surface area contributed by atoms with E-state index >= 15 is 0 Å². The summed E-state index contributed by atoms with van der Waals surface area (Å²) in [5.41, 5.74) is 1.63. The van der Waals surface area contributed by atoms with Gasteiger partial charge in [0, 0.05) is 0 Å². The predicted molar refractivity (Wildman–Crippen MR) is 71.2 cm³/mol. The van der Waals surface area contributed by atoms with Crippen LogP contribution in [0.3, 0.4) is 0 Å². The molecule has 0 aliphatic rings. The van der Waals surface area contributed by atoms with Crippen LogP contribution in [0.5, 0.6) is 0 Å². The first kappa shape index (κ1) is 15.2. The fourth-order valence-corrected chi connectivity index (χ4v) is 1.71. The molecule has 0 amide bonds. The van der Waals surface area contributed by atoms with Crippen LogP contribution in [0.15, 0.2) is 24.3 Å². The highest BCUT2D eigenvalue weighted by Crippen LogP contribution is 2.24. The minimum Gasteiger partial charge on any atom is -0.480 e. The van der Waals surface area contributed by atoms with Crippen molar-refractivity contribution in [3.8, 4) is 0 Å². The normalized spacial score (nSPS) is 13.0. The number of aliphatic carboxylic acids is 2. The number of hydrogen-bond donors (Lipinski definition) is 3. The molecule has 0 saturated carbocycles. The second-order valence-corrected chi connectivity index (χ2v) is 5.42. The Bertz CT molecular complexity index is 459. The maximum Gasteiger partial charge on any atom is 0.325 e. The number of rotatable bonds is 5. The molecule has 0 aliphatic carbocycles. The van der Waals surface area contributed by atoms with Crippen molar-refractivity contribution in [1.82, 2.24) is 5.32 Å². The number of carboxylic acid groups (broad SMARTS) is 2. The Kier molecular flexibility index (Phi) is 4.67. The van der Waals surface area contributed by atoms with E-state index in [0.29, 0.717) is 5.56 Å². The van der Waals surface area contributed by atoms with Gasteiger partial charge in [0.2, 0.25) is 0 Å². The first-order chi connectivity index (χ1) is 8.71. The van der Waals surface area contributed by atoms with Gasteiger partial charge in [-0.25, -0.2) is 0 Å².